The zero-order valence-electron chi connectivity index (χ0n) is 18.8. The average molecular weight is 438 g/mol. The van der Waals surface area contributed by atoms with Crippen LogP contribution in [-0.2, 0) is 15.9 Å². The predicted octanol–water partition coefficient (Wildman–Crippen LogP) is 4.98. The van der Waals surface area contributed by atoms with Crippen LogP contribution in [0.25, 0.3) is 0 Å². The number of nitrogens with one attached hydrogen (secondary N) is 1. The summed E-state index contributed by atoms with van der Waals surface area (Å²) < 4.78 is 11.0. The second-order valence-electron chi connectivity index (χ2n) is 9.94. The van der Waals surface area contributed by atoms with Crippen molar-refractivity contribution in [2.45, 2.75) is 77.4 Å². The van der Waals surface area contributed by atoms with Crippen molar-refractivity contribution in [2.24, 2.45) is 5.92 Å². The summed E-state index contributed by atoms with van der Waals surface area (Å²) in [5.41, 5.74) is 1.50. The van der Waals surface area contributed by atoms with E-state index >= 15 is 0 Å². The van der Waals surface area contributed by atoms with Gasteiger partial charge in [-0.2, -0.15) is 0 Å². The van der Waals surface area contributed by atoms with Crippen LogP contribution in [0.1, 0.15) is 65.4 Å². The Morgan fingerprint density at radius 2 is 2.13 bits per heavy atom. The third-order valence-electron chi connectivity index (χ3n) is 5.93. The lowest BCUT2D eigenvalue weighted by Crippen LogP contribution is -2.57. The second-order valence-corrected chi connectivity index (χ2v) is 10.3. The molecule has 2 saturated heterocycles. The van der Waals surface area contributed by atoms with E-state index in [4.69, 9.17) is 21.1 Å². The van der Waals surface area contributed by atoms with Crippen molar-refractivity contribution in [3.8, 4) is 0 Å². The predicted molar refractivity (Wildman–Crippen MR) is 120 cm³/mol. The summed E-state index contributed by atoms with van der Waals surface area (Å²) in [4.78, 5) is 19.1. The van der Waals surface area contributed by atoms with Crippen molar-refractivity contribution in [1.29, 1.82) is 0 Å². The molecule has 168 valence electrons. The molecule has 30 heavy (non-hydrogen) atoms. The molecule has 0 unspecified atom stereocenters. The molecule has 3 heterocycles. The number of hydrogen-bond donors (Lipinski definition) is 1. The Morgan fingerprint density at radius 1 is 1.40 bits per heavy atom. The Bertz CT molecular complexity index is 731. The van der Waals surface area contributed by atoms with Gasteiger partial charge < -0.3 is 19.7 Å². The highest BCUT2D eigenvalue weighted by molar-refractivity contribution is 6.29. The number of ether oxygens (including phenoxy) is 2. The number of amides is 1. The zero-order chi connectivity index (χ0) is 21.8. The van der Waals surface area contributed by atoms with Gasteiger partial charge in [-0.05, 0) is 83.8 Å². The van der Waals surface area contributed by atoms with Crippen molar-refractivity contribution in [1.82, 2.24) is 10.3 Å². The quantitative estimate of drug-likeness (QED) is 0.658. The fraction of sp³-hybridized carbons (Fsp3) is 0.739. The van der Waals surface area contributed by atoms with E-state index in [1.54, 1.807) is 0 Å². The summed E-state index contributed by atoms with van der Waals surface area (Å²) >= 11 is 6.27. The standard InChI is InChI=1S/C23H36ClN3O3/c1-22(2,3)30-21(28)26-23(4)10-5-11-27(16-23)19-14-20(24)25-15-18(19)7-6-17-8-12-29-13-9-17/h14-15,17H,5-13,16H2,1-4H3,(H,26,28)/t23-/m0/s1. The number of piperidine rings is 1. The lowest BCUT2D eigenvalue weighted by molar-refractivity contribution is 0.0454. The van der Waals surface area contributed by atoms with Crippen LogP contribution in [0.5, 0.6) is 0 Å². The van der Waals surface area contributed by atoms with Crippen LogP contribution in [0.15, 0.2) is 12.3 Å². The number of rotatable bonds is 5. The highest BCUT2D eigenvalue weighted by Gasteiger charge is 2.35. The lowest BCUT2D eigenvalue weighted by atomic mass is 9.89. The first kappa shape index (κ1) is 23.1. The van der Waals surface area contributed by atoms with Gasteiger partial charge in [-0.25, -0.2) is 9.78 Å². The van der Waals surface area contributed by atoms with Crippen molar-refractivity contribution in [2.75, 3.05) is 31.2 Å². The van der Waals surface area contributed by atoms with Gasteiger partial charge >= 0.3 is 6.09 Å². The molecule has 2 fully saturated rings. The third-order valence-corrected chi connectivity index (χ3v) is 6.14. The van der Waals surface area contributed by atoms with Gasteiger partial charge in [-0.1, -0.05) is 11.6 Å². The first-order valence-electron chi connectivity index (χ1n) is 11.1. The Morgan fingerprint density at radius 3 is 2.83 bits per heavy atom. The van der Waals surface area contributed by atoms with Crippen LogP contribution in [0, 0.1) is 5.92 Å². The van der Waals surface area contributed by atoms with Crippen LogP contribution in [0.4, 0.5) is 10.5 Å². The molecule has 1 atom stereocenters. The molecule has 2 aliphatic heterocycles. The van der Waals surface area contributed by atoms with E-state index in [9.17, 15) is 4.79 Å². The maximum Gasteiger partial charge on any atom is 0.408 e. The molecule has 0 bridgehead atoms. The Balaban J connectivity index is 1.69. The van der Waals surface area contributed by atoms with E-state index in [0.29, 0.717) is 11.1 Å². The Kier molecular flexibility index (Phi) is 7.51. The van der Waals surface area contributed by atoms with Crippen molar-refractivity contribution in [3.63, 3.8) is 0 Å². The number of nitrogens with zero attached hydrogens (tertiary/aromatic N) is 2. The fourth-order valence-electron chi connectivity index (χ4n) is 4.43. The molecule has 1 aromatic heterocycles. The number of pyridine rings is 1. The highest BCUT2D eigenvalue weighted by Crippen LogP contribution is 2.32. The second kappa shape index (κ2) is 9.73. The van der Waals surface area contributed by atoms with Gasteiger partial charge in [-0.15, -0.1) is 0 Å². The minimum atomic E-state index is -0.509. The molecule has 7 heteroatoms. The first-order valence-corrected chi connectivity index (χ1v) is 11.5. The monoisotopic (exact) mass is 437 g/mol. The summed E-state index contributed by atoms with van der Waals surface area (Å²) in [6, 6.07) is 1.97. The molecule has 0 radical (unpaired) electrons. The highest BCUT2D eigenvalue weighted by atomic mass is 35.5. The van der Waals surface area contributed by atoms with Gasteiger partial charge in [0.2, 0.25) is 0 Å². The maximum atomic E-state index is 12.4. The largest absolute Gasteiger partial charge is 0.444 e. The molecule has 0 saturated carbocycles. The molecule has 1 N–H and O–H groups in total. The van der Waals surface area contributed by atoms with Gasteiger partial charge in [0.05, 0.1) is 5.54 Å². The molecule has 2 aliphatic rings. The molecule has 0 spiro atoms. The van der Waals surface area contributed by atoms with Crippen LogP contribution in [-0.4, -0.2) is 48.5 Å². The van der Waals surface area contributed by atoms with Crippen LogP contribution in [0.3, 0.4) is 0 Å². The van der Waals surface area contributed by atoms with Crippen LogP contribution >= 0.6 is 11.6 Å². The smallest absolute Gasteiger partial charge is 0.408 e. The summed E-state index contributed by atoms with van der Waals surface area (Å²) in [6.45, 7) is 11.1. The third kappa shape index (κ3) is 6.74. The van der Waals surface area contributed by atoms with E-state index in [-0.39, 0.29) is 11.6 Å². The molecule has 0 aromatic carbocycles. The number of carbonyl (C=O) groups is 1. The molecule has 3 rings (SSSR count). The Labute approximate surface area is 185 Å². The van der Waals surface area contributed by atoms with Gasteiger partial charge in [0.15, 0.2) is 0 Å². The summed E-state index contributed by atoms with van der Waals surface area (Å²) in [5.74, 6) is 0.711. The first-order chi connectivity index (χ1) is 14.1. The number of alkyl carbamates (subject to hydrolysis) is 1. The van der Waals surface area contributed by atoms with Gasteiger partial charge in [0.25, 0.3) is 0 Å². The van der Waals surface area contributed by atoms with Crippen molar-refractivity contribution < 1.29 is 14.3 Å². The van der Waals surface area contributed by atoms with Gasteiger partial charge in [0.1, 0.15) is 10.8 Å². The lowest BCUT2D eigenvalue weighted by Gasteiger charge is -2.42. The van der Waals surface area contributed by atoms with E-state index in [0.717, 1.165) is 70.5 Å². The fourth-order valence-corrected chi connectivity index (χ4v) is 4.58. The van der Waals surface area contributed by atoms with Crippen molar-refractivity contribution in [3.05, 3.63) is 23.0 Å². The Hall–Kier alpha value is -1.53. The number of aryl methyl sites for hydroxylation is 1. The molecule has 6 nitrogen and oxygen atoms in total. The number of carbonyl (C=O) groups excluding carboxylic acids is 1. The average Bonchev–Trinajstić information content (AvgIpc) is 2.66. The van der Waals surface area contributed by atoms with Gasteiger partial charge in [-0.3, -0.25) is 0 Å². The van der Waals surface area contributed by atoms with Gasteiger partial charge in [0, 0.05) is 38.2 Å². The van der Waals surface area contributed by atoms with E-state index in [1.165, 1.54) is 5.56 Å². The normalized spacial score (nSPS) is 23.3. The number of halogens is 1. The van der Waals surface area contributed by atoms with Crippen LogP contribution < -0.4 is 10.2 Å². The minimum absolute atomic E-state index is 0.353. The molecular formula is C23H36ClN3O3. The zero-order valence-corrected chi connectivity index (χ0v) is 19.6. The topological polar surface area (TPSA) is 63.7 Å². The number of hydrogen-bond acceptors (Lipinski definition) is 5. The molecule has 1 amide bonds. The maximum absolute atomic E-state index is 12.4. The molecule has 0 aliphatic carbocycles. The minimum Gasteiger partial charge on any atom is -0.444 e. The molecule has 1 aromatic rings. The SMILES string of the molecule is CC(C)(C)OC(=O)N[C@@]1(C)CCCN(c2cc(Cl)ncc2CCC2CCOCC2)C1. The summed E-state index contributed by atoms with van der Waals surface area (Å²) in [5, 5.41) is 3.61. The van der Waals surface area contributed by atoms with Crippen molar-refractivity contribution >= 4 is 23.4 Å². The summed E-state index contributed by atoms with van der Waals surface area (Å²) in [6.07, 6.45) is 7.86. The number of anilines is 1. The van der Waals surface area contributed by atoms with E-state index < -0.39 is 5.60 Å². The van der Waals surface area contributed by atoms with E-state index in [2.05, 4.69) is 22.1 Å². The van der Waals surface area contributed by atoms with Crippen LogP contribution in [0.2, 0.25) is 5.15 Å². The van der Waals surface area contributed by atoms with E-state index in [1.807, 2.05) is 33.0 Å². The number of aromatic nitrogens is 1. The summed E-state index contributed by atoms with van der Waals surface area (Å²) in [7, 11) is 0. The molecular weight excluding hydrogens is 402 g/mol.